The molecule has 3 nitrogen and oxygen atoms in total. The normalized spacial score (nSPS) is 13.4. The van der Waals surface area contributed by atoms with Crippen molar-refractivity contribution in [2.24, 2.45) is 5.92 Å². The molecule has 0 aliphatic heterocycles. The molecule has 15 heavy (non-hydrogen) atoms. The monoisotopic (exact) mass is 209 g/mol. The highest BCUT2D eigenvalue weighted by molar-refractivity contribution is 4.98. The van der Waals surface area contributed by atoms with Gasteiger partial charge in [-0.15, -0.1) is 0 Å². The molecule has 0 aliphatic rings. The fourth-order valence-electron chi connectivity index (χ4n) is 1.44. The Balaban J connectivity index is 2.46. The second kappa shape index (κ2) is 5.91. The summed E-state index contributed by atoms with van der Waals surface area (Å²) in [6, 6.07) is 0.551. The molecular weight excluding hydrogens is 186 g/mol. The highest BCUT2D eigenvalue weighted by Gasteiger charge is 2.07. The third kappa shape index (κ3) is 3.67. The van der Waals surface area contributed by atoms with Crippen LogP contribution >= 0.6 is 0 Å². The molecule has 1 aromatic heterocycles. The summed E-state index contributed by atoms with van der Waals surface area (Å²) in [5.74, 6) is 0.674. The summed E-state index contributed by atoms with van der Waals surface area (Å²) < 4.78 is 2.22. The average molecular weight is 209 g/mol. The number of hydrogen-bond acceptors (Lipinski definition) is 2. The van der Waals surface area contributed by atoms with E-state index in [4.69, 9.17) is 0 Å². The molecule has 0 saturated heterocycles. The number of nitrogens with one attached hydrogen (secondary N) is 1. The minimum Gasteiger partial charge on any atom is -0.333 e. The van der Waals surface area contributed by atoms with Gasteiger partial charge >= 0.3 is 0 Å². The van der Waals surface area contributed by atoms with Crippen molar-refractivity contribution < 1.29 is 0 Å². The van der Waals surface area contributed by atoms with Gasteiger partial charge in [-0.3, -0.25) is 0 Å². The standard InChI is InChI=1S/C12H23N3/c1-5-6-15-9-13-7-12(15)8-14-11(4)10(2)3/h7,9-11,14H,5-6,8H2,1-4H3. The van der Waals surface area contributed by atoms with Crippen molar-refractivity contribution in [1.82, 2.24) is 14.9 Å². The maximum Gasteiger partial charge on any atom is 0.0948 e. The molecule has 0 saturated carbocycles. The fourth-order valence-corrected chi connectivity index (χ4v) is 1.44. The Morgan fingerprint density at radius 3 is 2.73 bits per heavy atom. The van der Waals surface area contributed by atoms with Gasteiger partial charge in [0.1, 0.15) is 0 Å². The minimum absolute atomic E-state index is 0.551. The first-order valence-corrected chi connectivity index (χ1v) is 5.87. The van der Waals surface area contributed by atoms with Crippen LogP contribution < -0.4 is 5.32 Å². The Morgan fingerprint density at radius 1 is 1.40 bits per heavy atom. The highest BCUT2D eigenvalue weighted by Crippen LogP contribution is 2.04. The zero-order chi connectivity index (χ0) is 11.3. The van der Waals surface area contributed by atoms with Crippen LogP contribution in [0.25, 0.3) is 0 Å². The number of aromatic nitrogens is 2. The van der Waals surface area contributed by atoms with Crippen molar-refractivity contribution in [1.29, 1.82) is 0 Å². The van der Waals surface area contributed by atoms with E-state index in [-0.39, 0.29) is 0 Å². The lowest BCUT2D eigenvalue weighted by atomic mass is 10.1. The van der Waals surface area contributed by atoms with Gasteiger partial charge < -0.3 is 9.88 Å². The molecule has 1 heterocycles. The maximum atomic E-state index is 4.19. The van der Waals surface area contributed by atoms with Gasteiger partial charge in [0, 0.05) is 25.3 Å². The van der Waals surface area contributed by atoms with E-state index in [9.17, 15) is 0 Å². The minimum atomic E-state index is 0.551. The molecule has 1 rings (SSSR count). The topological polar surface area (TPSA) is 29.9 Å². The summed E-state index contributed by atoms with van der Waals surface area (Å²) in [4.78, 5) is 4.19. The first-order chi connectivity index (χ1) is 7.15. The zero-order valence-corrected chi connectivity index (χ0v) is 10.3. The molecule has 0 spiro atoms. The summed E-state index contributed by atoms with van der Waals surface area (Å²) in [7, 11) is 0. The lowest BCUT2D eigenvalue weighted by Crippen LogP contribution is -2.30. The van der Waals surface area contributed by atoms with Gasteiger partial charge in [-0.1, -0.05) is 20.8 Å². The lowest BCUT2D eigenvalue weighted by Gasteiger charge is -2.17. The number of nitrogens with zero attached hydrogens (tertiary/aromatic N) is 2. The number of hydrogen-bond donors (Lipinski definition) is 1. The van der Waals surface area contributed by atoms with E-state index in [1.54, 1.807) is 0 Å². The van der Waals surface area contributed by atoms with E-state index >= 15 is 0 Å². The Labute approximate surface area is 92.9 Å². The summed E-state index contributed by atoms with van der Waals surface area (Å²) in [5.41, 5.74) is 1.28. The molecule has 0 bridgehead atoms. The third-order valence-electron chi connectivity index (χ3n) is 2.87. The molecule has 86 valence electrons. The van der Waals surface area contributed by atoms with Gasteiger partial charge in [-0.05, 0) is 19.3 Å². The van der Waals surface area contributed by atoms with Crippen LogP contribution in [0.3, 0.4) is 0 Å². The van der Waals surface area contributed by atoms with Gasteiger partial charge in [0.05, 0.1) is 12.0 Å². The molecule has 1 unspecified atom stereocenters. The maximum absolute atomic E-state index is 4.19. The highest BCUT2D eigenvalue weighted by atomic mass is 15.1. The molecule has 0 fully saturated rings. The average Bonchev–Trinajstić information content (AvgIpc) is 2.62. The van der Waals surface area contributed by atoms with E-state index in [1.807, 2.05) is 12.5 Å². The summed E-state index contributed by atoms with van der Waals surface area (Å²) in [5, 5.41) is 3.52. The predicted molar refractivity (Wildman–Crippen MR) is 63.7 cm³/mol. The third-order valence-corrected chi connectivity index (χ3v) is 2.87. The van der Waals surface area contributed by atoms with Crippen LogP contribution in [-0.4, -0.2) is 15.6 Å². The molecule has 0 amide bonds. The van der Waals surface area contributed by atoms with E-state index < -0.39 is 0 Å². The Bertz CT molecular complexity index is 278. The van der Waals surface area contributed by atoms with Gasteiger partial charge in [0.2, 0.25) is 0 Å². The number of rotatable bonds is 6. The van der Waals surface area contributed by atoms with Crippen LogP contribution in [0.5, 0.6) is 0 Å². The van der Waals surface area contributed by atoms with Crippen molar-refractivity contribution in [3.8, 4) is 0 Å². The molecule has 1 atom stereocenters. The van der Waals surface area contributed by atoms with E-state index in [0.717, 1.165) is 19.5 Å². The van der Waals surface area contributed by atoms with Crippen molar-refractivity contribution in [2.45, 2.75) is 53.2 Å². The largest absolute Gasteiger partial charge is 0.333 e. The van der Waals surface area contributed by atoms with Crippen molar-refractivity contribution in [3.63, 3.8) is 0 Å². The number of aryl methyl sites for hydroxylation is 1. The summed E-state index contributed by atoms with van der Waals surface area (Å²) >= 11 is 0. The summed E-state index contributed by atoms with van der Waals surface area (Å²) in [6.45, 7) is 10.9. The van der Waals surface area contributed by atoms with Gasteiger partial charge in [-0.2, -0.15) is 0 Å². The predicted octanol–water partition coefficient (Wildman–Crippen LogP) is 2.43. The second-order valence-electron chi connectivity index (χ2n) is 4.49. The van der Waals surface area contributed by atoms with Crippen LogP contribution in [-0.2, 0) is 13.1 Å². The van der Waals surface area contributed by atoms with Crippen molar-refractivity contribution in [3.05, 3.63) is 18.2 Å². The molecular formula is C12H23N3. The second-order valence-corrected chi connectivity index (χ2v) is 4.49. The van der Waals surface area contributed by atoms with Crippen LogP contribution in [0.1, 0.15) is 39.8 Å². The smallest absolute Gasteiger partial charge is 0.0948 e. The Kier molecular flexibility index (Phi) is 4.82. The van der Waals surface area contributed by atoms with Crippen LogP contribution in [0.15, 0.2) is 12.5 Å². The van der Waals surface area contributed by atoms with E-state index in [2.05, 4.69) is 42.6 Å². The van der Waals surface area contributed by atoms with Gasteiger partial charge in [-0.25, -0.2) is 4.98 Å². The molecule has 1 aromatic rings. The number of imidazole rings is 1. The molecule has 0 radical (unpaired) electrons. The van der Waals surface area contributed by atoms with Gasteiger partial charge in [0.25, 0.3) is 0 Å². The van der Waals surface area contributed by atoms with Gasteiger partial charge in [0.15, 0.2) is 0 Å². The Hall–Kier alpha value is -0.830. The van der Waals surface area contributed by atoms with E-state index in [1.165, 1.54) is 5.69 Å². The SMILES string of the molecule is CCCn1cncc1CNC(C)C(C)C. The summed E-state index contributed by atoms with van der Waals surface area (Å²) in [6.07, 6.45) is 5.03. The zero-order valence-electron chi connectivity index (χ0n) is 10.3. The van der Waals surface area contributed by atoms with Crippen LogP contribution in [0.4, 0.5) is 0 Å². The lowest BCUT2D eigenvalue weighted by molar-refractivity contribution is 0.419. The van der Waals surface area contributed by atoms with Crippen molar-refractivity contribution >= 4 is 0 Å². The molecule has 0 aromatic carbocycles. The van der Waals surface area contributed by atoms with E-state index in [0.29, 0.717) is 12.0 Å². The first kappa shape index (κ1) is 12.2. The fraction of sp³-hybridized carbons (Fsp3) is 0.750. The molecule has 3 heteroatoms. The molecule has 0 aliphatic carbocycles. The van der Waals surface area contributed by atoms with Crippen LogP contribution in [0.2, 0.25) is 0 Å². The first-order valence-electron chi connectivity index (χ1n) is 5.87. The van der Waals surface area contributed by atoms with Crippen LogP contribution in [0, 0.1) is 5.92 Å². The van der Waals surface area contributed by atoms with Crippen molar-refractivity contribution in [2.75, 3.05) is 0 Å². The quantitative estimate of drug-likeness (QED) is 0.780. The molecule has 1 N–H and O–H groups in total. The Morgan fingerprint density at radius 2 is 2.13 bits per heavy atom.